The molecule has 0 spiro atoms. The first-order valence-corrected chi connectivity index (χ1v) is 6.92. The molecule has 1 aromatic rings. The molecule has 0 fully saturated rings. The molecule has 3 N–H and O–H groups in total. The lowest BCUT2D eigenvalue weighted by molar-refractivity contribution is 0.0587. The number of nitrogens with one attached hydrogen (secondary N) is 2. The number of aliphatic hydroxyl groups excluding tert-OH is 1. The van der Waals surface area contributed by atoms with Crippen molar-refractivity contribution in [3.8, 4) is 0 Å². The normalized spacial score (nSPS) is 12.5. The summed E-state index contributed by atoms with van der Waals surface area (Å²) in [6.45, 7) is 5.92. The lowest BCUT2D eigenvalue weighted by atomic mass is 10.1. The molecule has 1 aromatic heterocycles. The third-order valence-electron chi connectivity index (χ3n) is 3.01. The minimum Gasteiger partial charge on any atom is -0.391 e. The lowest BCUT2D eigenvalue weighted by Gasteiger charge is -2.11. The van der Waals surface area contributed by atoms with Crippen LogP contribution in [0.25, 0.3) is 0 Å². The van der Waals surface area contributed by atoms with Gasteiger partial charge < -0.3 is 20.1 Å². The highest BCUT2D eigenvalue weighted by atomic mass is 16.5. The van der Waals surface area contributed by atoms with Crippen molar-refractivity contribution in [2.24, 2.45) is 0 Å². The number of rotatable bonds is 7. The predicted molar refractivity (Wildman–Crippen MR) is 78.5 cm³/mol. The van der Waals surface area contributed by atoms with Crippen LogP contribution in [0.3, 0.4) is 0 Å². The maximum absolute atomic E-state index is 12.0. The predicted octanol–water partition coefficient (Wildman–Crippen LogP) is 0.329. The maximum atomic E-state index is 12.0. The first-order chi connectivity index (χ1) is 9.86. The smallest absolute Gasteiger partial charge is 0.264 e. The van der Waals surface area contributed by atoms with Gasteiger partial charge in [0.1, 0.15) is 11.4 Å². The molecule has 118 valence electrons. The number of carbonyl (C=O) groups is 1. The quantitative estimate of drug-likeness (QED) is 0.672. The molecule has 1 rings (SSSR count). The second kappa shape index (κ2) is 7.90. The number of ether oxygens (including phenoxy) is 1. The average molecular weight is 297 g/mol. The van der Waals surface area contributed by atoms with E-state index in [9.17, 15) is 14.7 Å². The van der Waals surface area contributed by atoms with E-state index in [4.69, 9.17) is 4.74 Å². The molecule has 0 aliphatic rings. The largest absolute Gasteiger partial charge is 0.391 e. The molecule has 21 heavy (non-hydrogen) atoms. The van der Waals surface area contributed by atoms with Crippen LogP contribution in [-0.4, -0.2) is 47.3 Å². The molecule has 7 nitrogen and oxygen atoms in total. The Kier molecular flexibility index (Phi) is 6.51. The Bertz CT molecular complexity index is 540. The van der Waals surface area contributed by atoms with Gasteiger partial charge in [-0.3, -0.25) is 9.59 Å². The van der Waals surface area contributed by atoms with Crippen molar-refractivity contribution in [3.05, 3.63) is 27.4 Å². The van der Waals surface area contributed by atoms with E-state index < -0.39 is 17.6 Å². The molecule has 0 radical (unpaired) electrons. The number of aromatic nitrogens is 2. The summed E-state index contributed by atoms with van der Waals surface area (Å²) < 4.78 is 4.79. The van der Waals surface area contributed by atoms with Crippen molar-refractivity contribution in [1.29, 1.82) is 0 Å². The van der Waals surface area contributed by atoms with E-state index in [0.29, 0.717) is 17.9 Å². The zero-order valence-electron chi connectivity index (χ0n) is 12.9. The summed E-state index contributed by atoms with van der Waals surface area (Å²) in [5.41, 5.74) is -0.0286. The van der Waals surface area contributed by atoms with Gasteiger partial charge in [0.2, 0.25) is 0 Å². The van der Waals surface area contributed by atoms with Gasteiger partial charge in [-0.25, -0.2) is 4.98 Å². The van der Waals surface area contributed by atoms with Crippen molar-refractivity contribution >= 4 is 5.91 Å². The Morgan fingerprint density at radius 2 is 2.14 bits per heavy atom. The van der Waals surface area contributed by atoms with Gasteiger partial charge in [0, 0.05) is 19.6 Å². The van der Waals surface area contributed by atoms with Crippen LogP contribution >= 0.6 is 0 Å². The molecule has 7 heteroatoms. The average Bonchev–Trinajstić information content (AvgIpc) is 2.37. The summed E-state index contributed by atoms with van der Waals surface area (Å²) in [6.07, 6.45) is -0.287. The molecule has 0 saturated heterocycles. The topological polar surface area (TPSA) is 104 Å². The molecule has 1 atom stereocenters. The highest BCUT2D eigenvalue weighted by Gasteiger charge is 2.17. The number of aryl methyl sites for hydroxylation is 1. The fourth-order valence-electron chi connectivity index (χ4n) is 1.86. The van der Waals surface area contributed by atoms with E-state index in [1.165, 1.54) is 7.11 Å². The zero-order valence-corrected chi connectivity index (χ0v) is 12.9. The van der Waals surface area contributed by atoms with Crippen molar-refractivity contribution in [2.75, 3.05) is 20.3 Å². The van der Waals surface area contributed by atoms with Gasteiger partial charge >= 0.3 is 0 Å². The van der Waals surface area contributed by atoms with Crippen molar-refractivity contribution in [2.45, 2.75) is 39.2 Å². The zero-order chi connectivity index (χ0) is 16.0. The van der Waals surface area contributed by atoms with Gasteiger partial charge in [0.15, 0.2) is 0 Å². The number of hydrogen-bond donors (Lipinski definition) is 3. The first-order valence-electron chi connectivity index (χ1n) is 6.92. The van der Waals surface area contributed by atoms with E-state index in [-0.39, 0.29) is 24.6 Å². The van der Waals surface area contributed by atoms with Gasteiger partial charge in [-0.1, -0.05) is 13.8 Å². The molecule has 0 aromatic carbocycles. The summed E-state index contributed by atoms with van der Waals surface area (Å²) >= 11 is 0. The molecular weight excluding hydrogens is 274 g/mol. The van der Waals surface area contributed by atoms with Crippen LogP contribution in [0.1, 0.15) is 48.1 Å². The first kappa shape index (κ1) is 17.3. The number of aliphatic hydroxyl groups is 1. The van der Waals surface area contributed by atoms with Crippen LogP contribution in [0.5, 0.6) is 0 Å². The van der Waals surface area contributed by atoms with Crippen LogP contribution in [0.4, 0.5) is 0 Å². The van der Waals surface area contributed by atoms with Crippen LogP contribution < -0.4 is 10.9 Å². The van der Waals surface area contributed by atoms with E-state index in [2.05, 4.69) is 15.3 Å². The maximum Gasteiger partial charge on any atom is 0.264 e. The number of H-pyrrole nitrogens is 1. The van der Waals surface area contributed by atoms with E-state index in [1.807, 2.05) is 13.8 Å². The van der Waals surface area contributed by atoms with Gasteiger partial charge in [0.05, 0.1) is 18.4 Å². The molecule has 1 heterocycles. The molecule has 0 bridgehead atoms. The van der Waals surface area contributed by atoms with Crippen LogP contribution in [-0.2, 0) is 4.74 Å². The summed E-state index contributed by atoms with van der Waals surface area (Å²) in [6, 6.07) is 0. The summed E-state index contributed by atoms with van der Waals surface area (Å²) in [5, 5.41) is 12.1. The fourth-order valence-corrected chi connectivity index (χ4v) is 1.86. The van der Waals surface area contributed by atoms with Crippen molar-refractivity contribution < 1.29 is 14.6 Å². The van der Waals surface area contributed by atoms with Crippen LogP contribution in [0, 0.1) is 6.92 Å². The SMILES string of the molecule is COCC(O)CCNC(=O)c1c(C)nc(C(C)C)[nH]c1=O. The minimum atomic E-state index is -0.642. The van der Waals surface area contributed by atoms with E-state index in [0.717, 1.165) is 0 Å². The number of aromatic amines is 1. The number of nitrogens with zero attached hydrogens (tertiary/aromatic N) is 1. The highest BCUT2D eigenvalue weighted by molar-refractivity contribution is 5.94. The molecule has 0 aliphatic heterocycles. The molecule has 1 amide bonds. The molecule has 0 saturated carbocycles. The summed E-state index contributed by atoms with van der Waals surface area (Å²) in [7, 11) is 1.49. The Balaban J connectivity index is 2.73. The third-order valence-corrected chi connectivity index (χ3v) is 3.01. The van der Waals surface area contributed by atoms with Crippen molar-refractivity contribution in [3.63, 3.8) is 0 Å². The number of carbonyl (C=O) groups excluding carboxylic acids is 1. The second-order valence-electron chi connectivity index (χ2n) is 5.22. The Hall–Kier alpha value is -1.73. The van der Waals surface area contributed by atoms with Gasteiger partial charge in [-0.05, 0) is 13.3 Å². The fraction of sp³-hybridized carbons (Fsp3) is 0.643. The van der Waals surface area contributed by atoms with E-state index >= 15 is 0 Å². The Morgan fingerprint density at radius 3 is 2.67 bits per heavy atom. The second-order valence-corrected chi connectivity index (χ2v) is 5.22. The van der Waals surface area contributed by atoms with E-state index in [1.54, 1.807) is 6.92 Å². The monoisotopic (exact) mass is 297 g/mol. The Morgan fingerprint density at radius 1 is 1.48 bits per heavy atom. The van der Waals surface area contributed by atoms with Crippen molar-refractivity contribution in [1.82, 2.24) is 15.3 Å². The minimum absolute atomic E-state index is 0.0145. The highest BCUT2D eigenvalue weighted by Crippen LogP contribution is 2.08. The molecule has 0 aliphatic carbocycles. The molecular formula is C14H23N3O4. The third kappa shape index (κ3) is 4.95. The lowest BCUT2D eigenvalue weighted by Crippen LogP contribution is -2.34. The summed E-state index contributed by atoms with van der Waals surface area (Å²) in [5.74, 6) is 0.156. The Labute approximate surface area is 123 Å². The van der Waals surface area contributed by atoms with Gasteiger partial charge in [0.25, 0.3) is 11.5 Å². The van der Waals surface area contributed by atoms with Crippen LogP contribution in [0.15, 0.2) is 4.79 Å². The number of amides is 1. The van der Waals surface area contributed by atoms with Crippen LogP contribution in [0.2, 0.25) is 0 Å². The van der Waals surface area contributed by atoms with Gasteiger partial charge in [-0.2, -0.15) is 0 Å². The number of methoxy groups -OCH3 is 1. The summed E-state index contributed by atoms with van der Waals surface area (Å²) in [4.78, 5) is 30.9. The van der Waals surface area contributed by atoms with Gasteiger partial charge in [-0.15, -0.1) is 0 Å². The molecule has 1 unspecified atom stereocenters. The number of hydrogen-bond acceptors (Lipinski definition) is 5. The standard InChI is InChI=1S/C14H23N3O4/c1-8(2)12-16-9(3)11(14(20)17-12)13(19)15-6-5-10(18)7-21-4/h8,10,18H,5-7H2,1-4H3,(H,15,19)(H,16,17,20).